The molecule has 11 heteroatoms. The highest BCUT2D eigenvalue weighted by atomic mass is 32.2. The number of amides is 1. The predicted octanol–water partition coefficient (Wildman–Crippen LogP) is 3.43. The number of nitrogens with zero attached hydrogens (tertiary/aromatic N) is 3. The smallest absolute Gasteiger partial charge is 0.258 e. The molecular formula is C27H24F2N4O4S. The van der Waals surface area contributed by atoms with Crippen LogP contribution in [0, 0.1) is 11.6 Å². The van der Waals surface area contributed by atoms with Crippen molar-refractivity contribution in [3.8, 4) is 0 Å². The summed E-state index contributed by atoms with van der Waals surface area (Å²) in [5.41, 5.74) is 0.236. The molecule has 1 aromatic heterocycles. The van der Waals surface area contributed by atoms with Crippen molar-refractivity contribution >= 4 is 38.1 Å². The molecule has 0 saturated carbocycles. The SMILES string of the molecule is O=C(Cn1cc(S(=O)(=O)N2CCN(c3ccccc3F)CC2)c2ccccc2c1=O)Nc1ccc(F)cc1. The van der Waals surface area contributed by atoms with Crippen LogP contribution in [0.25, 0.3) is 10.8 Å². The van der Waals surface area contributed by atoms with Crippen LogP contribution >= 0.6 is 0 Å². The summed E-state index contributed by atoms with van der Waals surface area (Å²) in [5, 5.41) is 2.99. The maximum absolute atomic E-state index is 14.2. The summed E-state index contributed by atoms with van der Waals surface area (Å²) in [7, 11) is -4.06. The quantitative estimate of drug-likeness (QED) is 0.406. The predicted molar refractivity (Wildman–Crippen MR) is 141 cm³/mol. The monoisotopic (exact) mass is 538 g/mol. The van der Waals surface area contributed by atoms with Crippen LogP contribution in [0.1, 0.15) is 0 Å². The molecule has 0 bridgehead atoms. The van der Waals surface area contributed by atoms with Crippen LogP contribution in [0.2, 0.25) is 0 Å². The lowest BCUT2D eigenvalue weighted by Gasteiger charge is -2.35. The van der Waals surface area contributed by atoms with E-state index >= 15 is 0 Å². The van der Waals surface area contributed by atoms with Gasteiger partial charge in [-0.3, -0.25) is 9.59 Å². The summed E-state index contributed by atoms with van der Waals surface area (Å²) in [5.74, 6) is -1.41. The van der Waals surface area contributed by atoms with Gasteiger partial charge in [-0.05, 0) is 42.5 Å². The van der Waals surface area contributed by atoms with Crippen molar-refractivity contribution in [2.45, 2.75) is 11.4 Å². The van der Waals surface area contributed by atoms with E-state index < -0.39 is 33.9 Å². The third-order valence-electron chi connectivity index (χ3n) is 6.45. The highest BCUT2D eigenvalue weighted by Crippen LogP contribution is 2.27. The molecule has 5 rings (SSSR count). The fourth-order valence-electron chi connectivity index (χ4n) is 4.54. The summed E-state index contributed by atoms with van der Waals surface area (Å²) in [6, 6.07) is 17.8. The van der Waals surface area contributed by atoms with Crippen molar-refractivity contribution in [1.29, 1.82) is 0 Å². The molecule has 1 amide bonds. The first-order chi connectivity index (χ1) is 18.2. The Morgan fingerprint density at radius 2 is 1.47 bits per heavy atom. The van der Waals surface area contributed by atoms with Crippen LogP contribution in [-0.2, 0) is 21.4 Å². The largest absolute Gasteiger partial charge is 0.367 e. The zero-order valence-corrected chi connectivity index (χ0v) is 21.0. The fourth-order valence-corrected chi connectivity index (χ4v) is 6.18. The number of carbonyl (C=O) groups is 1. The zero-order chi connectivity index (χ0) is 26.9. The van der Waals surface area contributed by atoms with Gasteiger partial charge in [-0.1, -0.05) is 30.3 Å². The summed E-state index contributed by atoms with van der Waals surface area (Å²) < 4.78 is 57.3. The normalized spacial score (nSPS) is 14.5. The van der Waals surface area contributed by atoms with Crippen LogP contribution in [0.5, 0.6) is 0 Å². The number of nitrogens with one attached hydrogen (secondary N) is 1. The molecule has 2 heterocycles. The molecule has 0 unspecified atom stereocenters. The van der Waals surface area contributed by atoms with Crippen LogP contribution in [0.15, 0.2) is 88.7 Å². The van der Waals surface area contributed by atoms with Gasteiger partial charge in [0.2, 0.25) is 15.9 Å². The van der Waals surface area contributed by atoms with Crippen molar-refractivity contribution in [2.75, 3.05) is 36.4 Å². The summed E-state index contributed by atoms with van der Waals surface area (Å²) in [6.45, 7) is 0.380. The van der Waals surface area contributed by atoms with E-state index in [1.54, 1.807) is 41.3 Å². The van der Waals surface area contributed by atoms with Gasteiger partial charge in [0.25, 0.3) is 5.56 Å². The molecular weight excluding hydrogens is 514 g/mol. The first-order valence-electron chi connectivity index (χ1n) is 11.9. The molecule has 38 heavy (non-hydrogen) atoms. The van der Waals surface area contributed by atoms with Crippen LogP contribution < -0.4 is 15.8 Å². The number of fused-ring (bicyclic) bond motifs is 1. The highest BCUT2D eigenvalue weighted by Gasteiger charge is 2.31. The average molecular weight is 539 g/mol. The van der Waals surface area contributed by atoms with E-state index in [1.165, 1.54) is 46.9 Å². The number of piperazine rings is 1. The van der Waals surface area contributed by atoms with E-state index in [1.807, 2.05) is 0 Å². The Morgan fingerprint density at radius 1 is 0.842 bits per heavy atom. The molecule has 1 aliphatic rings. The lowest BCUT2D eigenvalue weighted by atomic mass is 10.2. The number of sulfonamides is 1. The molecule has 0 aliphatic carbocycles. The Bertz CT molecular complexity index is 1670. The highest BCUT2D eigenvalue weighted by molar-refractivity contribution is 7.89. The molecule has 0 atom stereocenters. The minimum absolute atomic E-state index is 0.0957. The molecule has 1 aliphatic heterocycles. The van der Waals surface area contributed by atoms with Gasteiger partial charge in [0.1, 0.15) is 23.1 Å². The maximum Gasteiger partial charge on any atom is 0.258 e. The van der Waals surface area contributed by atoms with Gasteiger partial charge in [-0.25, -0.2) is 17.2 Å². The molecule has 1 N–H and O–H groups in total. The minimum Gasteiger partial charge on any atom is -0.367 e. The van der Waals surface area contributed by atoms with Crippen LogP contribution in [-0.4, -0.2) is 49.4 Å². The van der Waals surface area contributed by atoms with E-state index in [2.05, 4.69) is 5.32 Å². The Morgan fingerprint density at radius 3 is 2.16 bits per heavy atom. The van der Waals surface area contributed by atoms with Gasteiger partial charge >= 0.3 is 0 Å². The summed E-state index contributed by atoms with van der Waals surface area (Å²) in [4.78, 5) is 27.5. The Balaban J connectivity index is 1.43. The zero-order valence-electron chi connectivity index (χ0n) is 20.2. The molecule has 0 spiro atoms. The standard InChI is InChI=1S/C27H24F2N4O4S/c28-19-9-11-20(12-10-19)30-26(34)18-32-17-25(21-5-1-2-6-22(21)27(32)35)38(36,37)33-15-13-31(14-16-33)24-8-4-3-7-23(24)29/h1-12,17H,13-16,18H2,(H,30,34). The third kappa shape index (κ3) is 5.02. The lowest BCUT2D eigenvalue weighted by Crippen LogP contribution is -2.49. The van der Waals surface area contributed by atoms with Crippen LogP contribution in [0.4, 0.5) is 20.2 Å². The summed E-state index contributed by atoms with van der Waals surface area (Å²) in [6.07, 6.45) is 1.19. The number of anilines is 2. The number of halogens is 2. The van der Waals surface area contributed by atoms with E-state index in [0.717, 1.165) is 4.57 Å². The number of carbonyl (C=O) groups excluding carboxylic acids is 1. The molecule has 3 aromatic carbocycles. The van der Waals surface area contributed by atoms with E-state index in [9.17, 15) is 26.8 Å². The second kappa shape index (κ2) is 10.3. The molecule has 1 saturated heterocycles. The number of benzene rings is 3. The van der Waals surface area contributed by atoms with Gasteiger partial charge < -0.3 is 14.8 Å². The second-order valence-corrected chi connectivity index (χ2v) is 10.8. The van der Waals surface area contributed by atoms with Gasteiger partial charge in [0, 0.05) is 48.8 Å². The van der Waals surface area contributed by atoms with Crippen molar-refractivity contribution in [1.82, 2.24) is 8.87 Å². The Labute approximate surface area is 217 Å². The number of hydrogen-bond donors (Lipinski definition) is 1. The molecule has 4 aromatic rings. The minimum atomic E-state index is -4.06. The lowest BCUT2D eigenvalue weighted by molar-refractivity contribution is -0.116. The fraction of sp³-hybridized carbons (Fsp3) is 0.185. The van der Waals surface area contributed by atoms with Crippen molar-refractivity contribution in [3.05, 3.63) is 101 Å². The van der Waals surface area contributed by atoms with E-state index in [0.29, 0.717) is 11.4 Å². The van der Waals surface area contributed by atoms with Crippen LogP contribution in [0.3, 0.4) is 0 Å². The number of para-hydroxylation sites is 1. The Kier molecular flexibility index (Phi) is 6.96. The molecule has 196 valence electrons. The average Bonchev–Trinajstić information content (AvgIpc) is 2.92. The summed E-state index contributed by atoms with van der Waals surface area (Å²) >= 11 is 0. The molecule has 0 radical (unpaired) electrons. The Hall–Kier alpha value is -4.09. The topological polar surface area (TPSA) is 91.7 Å². The first-order valence-corrected chi connectivity index (χ1v) is 13.4. The van der Waals surface area contributed by atoms with Crippen molar-refractivity contribution in [2.24, 2.45) is 0 Å². The number of rotatable bonds is 6. The molecule has 8 nitrogen and oxygen atoms in total. The van der Waals surface area contributed by atoms with Crippen molar-refractivity contribution in [3.63, 3.8) is 0 Å². The second-order valence-electron chi connectivity index (χ2n) is 8.87. The van der Waals surface area contributed by atoms with Gasteiger partial charge in [0.05, 0.1) is 5.69 Å². The van der Waals surface area contributed by atoms with Gasteiger partial charge in [-0.2, -0.15) is 4.31 Å². The molecule has 1 fully saturated rings. The first kappa shape index (κ1) is 25.6. The van der Waals surface area contributed by atoms with Crippen molar-refractivity contribution < 1.29 is 22.0 Å². The van der Waals surface area contributed by atoms with E-state index in [-0.39, 0.29) is 47.7 Å². The number of pyridine rings is 1. The number of aromatic nitrogens is 1. The van der Waals surface area contributed by atoms with Gasteiger partial charge in [-0.15, -0.1) is 0 Å². The maximum atomic E-state index is 14.2. The van der Waals surface area contributed by atoms with Gasteiger partial charge in [0.15, 0.2) is 0 Å². The van der Waals surface area contributed by atoms with E-state index in [4.69, 9.17) is 0 Å². The number of hydrogen-bond acceptors (Lipinski definition) is 5. The third-order valence-corrected chi connectivity index (χ3v) is 8.37.